The minimum Gasteiger partial charge on any atom is -0.398 e. The summed E-state index contributed by atoms with van der Waals surface area (Å²) in [5.74, 6) is 0.294. The summed E-state index contributed by atoms with van der Waals surface area (Å²) in [5, 5.41) is 11.5. The van der Waals surface area contributed by atoms with Gasteiger partial charge in [-0.2, -0.15) is 0 Å². The van der Waals surface area contributed by atoms with Crippen molar-refractivity contribution >= 4 is 11.6 Å². The topological polar surface area (TPSA) is 66.6 Å². The van der Waals surface area contributed by atoms with Gasteiger partial charge in [-0.25, -0.2) is 0 Å². The molecule has 1 atom stereocenters. The molecule has 0 aliphatic carbocycles. The van der Waals surface area contributed by atoms with Crippen molar-refractivity contribution in [3.63, 3.8) is 0 Å². The number of nitrogen functional groups attached to an aromatic ring is 1. The van der Waals surface area contributed by atoms with Gasteiger partial charge in [0.05, 0.1) is 5.56 Å². The average molecular weight is 347 g/mol. The van der Waals surface area contributed by atoms with Crippen LogP contribution >= 0.6 is 0 Å². The Kier molecular flexibility index (Phi) is 5.82. The Balaban J connectivity index is 2.61. The van der Waals surface area contributed by atoms with E-state index in [4.69, 9.17) is 5.73 Å². The summed E-state index contributed by atoms with van der Waals surface area (Å²) in [5.41, 5.74) is 9.00. The van der Waals surface area contributed by atoms with Crippen molar-refractivity contribution in [2.45, 2.75) is 84.3 Å². The number of carbonyl (C=O) groups excluding carboxylic acids is 1. The number of amides is 1. The van der Waals surface area contributed by atoms with Crippen LogP contribution in [0.25, 0.3) is 0 Å². The van der Waals surface area contributed by atoms with Gasteiger partial charge in [0.15, 0.2) is 5.72 Å². The molecular formula is C21H34N2O2. The lowest BCUT2D eigenvalue weighted by Crippen LogP contribution is -2.41. The quantitative estimate of drug-likeness (QED) is 0.555. The molecule has 0 saturated carbocycles. The second-order valence-corrected chi connectivity index (χ2v) is 8.02. The molecule has 1 heterocycles. The zero-order chi connectivity index (χ0) is 18.9. The zero-order valence-corrected chi connectivity index (χ0v) is 16.6. The summed E-state index contributed by atoms with van der Waals surface area (Å²) in [6.07, 6.45) is 4.80. The van der Waals surface area contributed by atoms with Crippen molar-refractivity contribution in [1.82, 2.24) is 4.90 Å². The van der Waals surface area contributed by atoms with Gasteiger partial charge in [-0.1, -0.05) is 59.9 Å². The number of nitrogens with two attached hydrogens (primary N) is 1. The van der Waals surface area contributed by atoms with Gasteiger partial charge in [-0.15, -0.1) is 0 Å². The van der Waals surface area contributed by atoms with E-state index in [1.165, 1.54) is 4.90 Å². The van der Waals surface area contributed by atoms with Crippen molar-refractivity contribution < 1.29 is 9.90 Å². The van der Waals surface area contributed by atoms with Crippen molar-refractivity contribution in [3.05, 3.63) is 28.3 Å². The Morgan fingerprint density at radius 2 is 1.72 bits per heavy atom. The molecule has 140 valence electrons. The van der Waals surface area contributed by atoms with E-state index in [-0.39, 0.29) is 17.7 Å². The summed E-state index contributed by atoms with van der Waals surface area (Å²) < 4.78 is 0. The molecule has 1 aromatic carbocycles. The monoisotopic (exact) mass is 346 g/mol. The molecule has 1 amide bonds. The van der Waals surface area contributed by atoms with Gasteiger partial charge in [0, 0.05) is 18.3 Å². The normalized spacial score (nSPS) is 20.0. The third-order valence-corrected chi connectivity index (χ3v) is 5.53. The molecule has 0 aromatic heterocycles. The highest BCUT2D eigenvalue weighted by atomic mass is 16.3. The van der Waals surface area contributed by atoms with Crippen LogP contribution in [-0.2, 0) is 5.72 Å². The number of hydrogen-bond acceptors (Lipinski definition) is 3. The number of benzene rings is 1. The SMILES string of the molecule is CCCCCCC1(O)c2c(C(C)C)cc(C(C)C)c(N)c2C(=O)N1C. The predicted octanol–water partition coefficient (Wildman–Crippen LogP) is 4.72. The second kappa shape index (κ2) is 7.36. The number of aliphatic hydroxyl groups is 1. The molecule has 4 heteroatoms. The van der Waals surface area contributed by atoms with E-state index >= 15 is 0 Å². The second-order valence-electron chi connectivity index (χ2n) is 8.02. The molecule has 1 aromatic rings. The van der Waals surface area contributed by atoms with Crippen LogP contribution < -0.4 is 5.73 Å². The first-order valence-electron chi connectivity index (χ1n) is 9.64. The molecule has 0 saturated heterocycles. The number of rotatable bonds is 7. The van der Waals surface area contributed by atoms with Crippen molar-refractivity contribution in [2.24, 2.45) is 0 Å². The highest BCUT2D eigenvalue weighted by molar-refractivity contribution is 6.05. The van der Waals surface area contributed by atoms with Crippen LogP contribution in [-0.4, -0.2) is 23.0 Å². The largest absolute Gasteiger partial charge is 0.398 e. The van der Waals surface area contributed by atoms with E-state index < -0.39 is 5.72 Å². The van der Waals surface area contributed by atoms with E-state index in [9.17, 15) is 9.90 Å². The third-order valence-electron chi connectivity index (χ3n) is 5.53. The number of nitrogens with zero attached hydrogens (tertiary/aromatic N) is 1. The minimum atomic E-state index is -1.25. The fourth-order valence-electron chi connectivity index (χ4n) is 3.92. The van der Waals surface area contributed by atoms with Crippen molar-refractivity contribution in [2.75, 3.05) is 12.8 Å². The molecule has 0 bridgehead atoms. The molecule has 1 unspecified atom stereocenters. The van der Waals surface area contributed by atoms with E-state index in [0.29, 0.717) is 17.7 Å². The van der Waals surface area contributed by atoms with Gasteiger partial charge < -0.3 is 15.7 Å². The summed E-state index contributed by atoms with van der Waals surface area (Å²) in [6.45, 7) is 10.6. The molecule has 1 aliphatic heterocycles. The number of hydrogen-bond donors (Lipinski definition) is 2. The van der Waals surface area contributed by atoms with Gasteiger partial charge in [-0.05, 0) is 35.8 Å². The van der Waals surface area contributed by atoms with E-state index in [2.05, 4.69) is 40.7 Å². The predicted molar refractivity (Wildman–Crippen MR) is 104 cm³/mol. The lowest BCUT2D eigenvalue weighted by molar-refractivity contribution is -0.0806. The summed E-state index contributed by atoms with van der Waals surface area (Å²) in [7, 11) is 1.70. The van der Waals surface area contributed by atoms with Gasteiger partial charge in [-0.3, -0.25) is 4.79 Å². The van der Waals surface area contributed by atoms with Crippen molar-refractivity contribution in [1.29, 1.82) is 0 Å². The van der Waals surface area contributed by atoms with Crippen LogP contribution in [0.5, 0.6) is 0 Å². The molecule has 0 spiro atoms. The van der Waals surface area contributed by atoms with Crippen LogP contribution in [0.2, 0.25) is 0 Å². The van der Waals surface area contributed by atoms with Crippen LogP contribution in [0.15, 0.2) is 6.07 Å². The fraction of sp³-hybridized carbons (Fsp3) is 0.667. The Hall–Kier alpha value is -1.55. The third kappa shape index (κ3) is 3.29. The summed E-state index contributed by atoms with van der Waals surface area (Å²) in [4.78, 5) is 14.5. The highest BCUT2D eigenvalue weighted by Crippen LogP contribution is 2.47. The maximum absolute atomic E-state index is 13.0. The fourth-order valence-corrected chi connectivity index (χ4v) is 3.92. The lowest BCUT2D eigenvalue weighted by Gasteiger charge is -2.33. The average Bonchev–Trinajstić information content (AvgIpc) is 2.74. The number of anilines is 1. The van der Waals surface area contributed by atoms with E-state index in [1.807, 2.05) is 0 Å². The minimum absolute atomic E-state index is 0.158. The van der Waals surface area contributed by atoms with Crippen LogP contribution in [0.3, 0.4) is 0 Å². The molecule has 25 heavy (non-hydrogen) atoms. The Morgan fingerprint density at radius 1 is 1.12 bits per heavy atom. The van der Waals surface area contributed by atoms with Gasteiger partial charge in [0.25, 0.3) is 5.91 Å². The lowest BCUT2D eigenvalue weighted by atomic mass is 9.82. The highest BCUT2D eigenvalue weighted by Gasteiger charge is 2.49. The maximum atomic E-state index is 13.0. The molecule has 0 radical (unpaired) electrons. The molecule has 1 aliphatic rings. The van der Waals surface area contributed by atoms with Crippen LogP contribution in [0.4, 0.5) is 5.69 Å². The standard InChI is InChI=1S/C21H34N2O2/c1-7-8-9-10-11-21(25)18-15(13(2)3)12-16(14(4)5)19(22)17(18)20(24)23(21)6/h12-14,25H,7-11,22H2,1-6H3. The van der Waals surface area contributed by atoms with Crippen LogP contribution in [0.1, 0.15) is 106 Å². The first-order chi connectivity index (χ1) is 11.7. The number of fused-ring (bicyclic) bond motifs is 1. The maximum Gasteiger partial charge on any atom is 0.258 e. The first kappa shape index (κ1) is 19.8. The number of unbranched alkanes of at least 4 members (excludes halogenated alkanes) is 3. The Bertz CT molecular complexity index is 652. The first-order valence-corrected chi connectivity index (χ1v) is 9.64. The van der Waals surface area contributed by atoms with Gasteiger partial charge in [0.2, 0.25) is 0 Å². The zero-order valence-electron chi connectivity index (χ0n) is 16.6. The Morgan fingerprint density at radius 3 is 2.24 bits per heavy atom. The molecule has 4 nitrogen and oxygen atoms in total. The molecule has 2 rings (SSSR count). The molecule has 0 fully saturated rings. The van der Waals surface area contributed by atoms with E-state index in [1.54, 1.807) is 7.05 Å². The summed E-state index contributed by atoms with van der Waals surface area (Å²) in [6, 6.07) is 2.10. The Labute approximate surface area is 152 Å². The molecular weight excluding hydrogens is 312 g/mol. The van der Waals surface area contributed by atoms with E-state index in [0.717, 1.165) is 42.4 Å². The van der Waals surface area contributed by atoms with Crippen LogP contribution in [0, 0.1) is 0 Å². The van der Waals surface area contributed by atoms with Gasteiger partial charge in [0.1, 0.15) is 0 Å². The van der Waals surface area contributed by atoms with Gasteiger partial charge >= 0.3 is 0 Å². The smallest absolute Gasteiger partial charge is 0.258 e. The summed E-state index contributed by atoms with van der Waals surface area (Å²) >= 11 is 0. The number of carbonyl (C=O) groups is 1. The molecule has 3 N–H and O–H groups in total. The van der Waals surface area contributed by atoms with Crippen molar-refractivity contribution in [3.8, 4) is 0 Å².